The largest absolute Gasteiger partial charge is 0.416 e. The summed E-state index contributed by atoms with van der Waals surface area (Å²) in [6, 6.07) is 13.3. The average molecular weight is 545 g/mol. The topological polar surface area (TPSA) is 56.7 Å². The quantitative estimate of drug-likeness (QED) is 0.479. The standard InChI is InChI=1S/C29H32ClF3N4O/c30-26-11-8-22(29(31,32)33)14-24(26)28(38)36-23-9-6-19(7-10-23)15-34-27-25-18-37(13-12-21(25)16-35-27)17-20-4-2-1-3-5-20/h1-5,8,11,14,19,23H,6-7,9-10,12-13,15-18H2,(H,34,35)(H,36,38). The Labute approximate surface area is 226 Å². The van der Waals surface area contributed by atoms with Gasteiger partial charge in [-0.1, -0.05) is 41.9 Å². The number of alkyl halides is 3. The van der Waals surface area contributed by atoms with Crippen LogP contribution < -0.4 is 10.6 Å². The second-order valence-electron chi connectivity index (χ2n) is 10.5. The highest BCUT2D eigenvalue weighted by Gasteiger charge is 2.32. The molecule has 202 valence electrons. The second kappa shape index (κ2) is 11.5. The highest BCUT2D eigenvalue weighted by Crippen LogP contribution is 2.32. The minimum atomic E-state index is -4.52. The molecule has 2 aliphatic heterocycles. The predicted octanol–water partition coefficient (Wildman–Crippen LogP) is 5.85. The van der Waals surface area contributed by atoms with Crippen LogP contribution in [0.25, 0.3) is 0 Å². The van der Waals surface area contributed by atoms with Crippen LogP contribution in [0.1, 0.15) is 53.6 Å². The molecule has 0 saturated heterocycles. The first kappa shape index (κ1) is 26.8. The molecule has 2 aromatic rings. The molecule has 1 fully saturated rings. The molecule has 1 saturated carbocycles. The van der Waals surface area contributed by atoms with Crippen molar-refractivity contribution in [2.45, 2.75) is 50.9 Å². The Kier molecular flexibility index (Phi) is 8.09. The Morgan fingerprint density at radius 3 is 2.58 bits per heavy atom. The SMILES string of the molecule is O=C(NC1CCC(CNC2=NCC3=C2CN(Cc2ccccc2)CC3)CC1)c1cc(C(F)(F)F)ccc1Cl. The minimum absolute atomic E-state index is 0.0180. The number of carbonyl (C=O) groups is 1. The van der Waals surface area contributed by atoms with Crippen molar-refractivity contribution in [1.82, 2.24) is 15.5 Å². The summed E-state index contributed by atoms with van der Waals surface area (Å²) in [5.74, 6) is 0.920. The Morgan fingerprint density at radius 2 is 1.84 bits per heavy atom. The second-order valence-corrected chi connectivity index (χ2v) is 10.9. The van der Waals surface area contributed by atoms with E-state index in [0.717, 1.165) is 88.9 Å². The molecular weight excluding hydrogens is 513 g/mol. The first-order chi connectivity index (χ1) is 18.3. The minimum Gasteiger partial charge on any atom is -0.370 e. The third-order valence-corrected chi connectivity index (χ3v) is 8.11. The number of hydrogen-bond donors (Lipinski definition) is 2. The molecule has 9 heteroatoms. The van der Waals surface area contributed by atoms with E-state index in [1.807, 2.05) is 6.07 Å². The summed E-state index contributed by atoms with van der Waals surface area (Å²) >= 11 is 6.03. The molecule has 2 N–H and O–H groups in total. The van der Waals surface area contributed by atoms with Gasteiger partial charge in [0.05, 0.1) is 22.7 Å². The number of hydrogen-bond acceptors (Lipinski definition) is 4. The number of aliphatic imine (C=N–C) groups is 1. The number of nitrogens with zero attached hydrogens (tertiary/aromatic N) is 2. The number of rotatable bonds is 6. The summed E-state index contributed by atoms with van der Waals surface area (Å²) in [7, 11) is 0. The van der Waals surface area contributed by atoms with E-state index in [4.69, 9.17) is 16.6 Å². The molecule has 0 radical (unpaired) electrons. The fourth-order valence-electron chi connectivity index (χ4n) is 5.58. The van der Waals surface area contributed by atoms with Crippen molar-refractivity contribution in [3.8, 4) is 0 Å². The molecule has 0 unspecified atom stereocenters. The monoisotopic (exact) mass is 544 g/mol. The summed E-state index contributed by atoms with van der Waals surface area (Å²) in [4.78, 5) is 19.9. The van der Waals surface area contributed by atoms with Gasteiger partial charge in [-0.2, -0.15) is 13.2 Å². The number of benzene rings is 2. The lowest BCUT2D eigenvalue weighted by molar-refractivity contribution is -0.137. The van der Waals surface area contributed by atoms with E-state index in [9.17, 15) is 18.0 Å². The zero-order chi connectivity index (χ0) is 26.7. The van der Waals surface area contributed by atoms with E-state index >= 15 is 0 Å². The van der Waals surface area contributed by atoms with Gasteiger partial charge in [0, 0.05) is 37.8 Å². The smallest absolute Gasteiger partial charge is 0.370 e. The molecule has 1 aliphatic carbocycles. The van der Waals surface area contributed by atoms with Crippen LogP contribution in [0, 0.1) is 5.92 Å². The first-order valence-electron chi connectivity index (χ1n) is 13.2. The summed E-state index contributed by atoms with van der Waals surface area (Å²) in [5, 5.41) is 6.50. The van der Waals surface area contributed by atoms with Gasteiger partial charge in [0.25, 0.3) is 5.91 Å². The fraction of sp³-hybridized carbons (Fsp3) is 0.448. The lowest BCUT2D eigenvalue weighted by atomic mass is 9.85. The van der Waals surface area contributed by atoms with Crippen LogP contribution in [-0.2, 0) is 12.7 Å². The summed E-state index contributed by atoms with van der Waals surface area (Å²) in [6.45, 7) is 4.51. The van der Waals surface area contributed by atoms with Crippen molar-refractivity contribution in [2.24, 2.45) is 10.9 Å². The molecule has 2 aromatic carbocycles. The van der Waals surface area contributed by atoms with Gasteiger partial charge in [-0.05, 0) is 67.4 Å². The molecule has 0 spiro atoms. The molecular formula is C29H32ClF3N4O. The Hall–Kier alpha value is -2.84. The molecule has 38 heavy (non-hydrogen) atoms. The number of nitrogens with one attached hydrogen (secondary N) is 2. The third kappa shape index (κ3) is 6.41. The lowest BCUT2D eigenvalue weighted by Gasteiger charge is -2.31. The molecule has 5 nitrogen and oxygen atoms in total. The Bertz CT molecular complexity index is 1220. The van der Waals surface area contributed by atoms with Crippen molar-refractivity contribution in [3.05, 3.63) is 81.4 Å². The highest BCUT2D eigenvalue weighted by atomic mass is 35.5. The van der Waals surface area contributed by atoms with Crippen molar-refractivity contribution >= 4 is 23.3 Å². The Morgan fingerprint density at radius 1 is 1.08 bits per heavy atom. The van der Waals surface area contributed by atoms with E-state index in [0.29, 0.717) is 5.92 Å². The molecule has 2 heterocycles. The lowest BCUT2D eigenvalue weighted by Crippen LogP contribution is -2.41. The van der Waals surface area contributed by atoms with Crippen LogP contribution in [0.15, 0.2) is 64.7 Å². The van der Waals surface area contributed by atoms with Crippen LogP contribution in [-0.4, -0.2) is 48.9 Å². The van der Waals surface area contributed by atoms with Gasteiger partial charge >= 0.3 is 6.18 Å². The number of amides is 1. The van der Waals surface area contributed by atoms with Crippen molar-refractivity contribution < 1.29 is 18.0 Å². The summed E-state index contributed by atoms with van der Waals surface area (Å²) in [5.41, 5.74) is 3.08. The normalized spacial score (nSPS) is 22.2. The van der Waals surface area contributed by atoms with Crippen LogP contribution in [0.5, 0.6) is 0 Å². The predicted molar refractivity (Wildman–Crippen MR) is 143 cm³/mol. The van der Waals surface area contributed by atoms with Gasteiger partial charge in [0.15, 0.2) is 0 Å². The summed E-state index contributed by atoms with van der Waals surface area (Å²) in [6.07, 6.45) is -0.0679. The van der Waals surface area contributed by atoms with E-state index in [1.165, 1.54) is 16.7 Å². The molecule has 1 amide bonds. The molecule has 0 atom stereocenters. The highest BCUT2D eigenvalue weighted by molar-refractivity contribution is 6.33. The number of carbonyl (C=O) groups excluding carboxylic acids is 1. The molecule has 3 aliphatic rings. The van der Waals surface area contributed by atoms with Crippen LogP contribution >= 0.6 is 11.6 Å². The average Bonchev–Trinajstić information content (AvgIpc) is 3.30. The van der Waals surface area contributed by atoms with Crippen LogP contribution in [0.3, 0.4) is 0 Å². The van der Waals surface area contributed by atoms with E-state index in [2.05, 4.69) is 39.8 Å². The van der Waals surface area contributed by atoms with E-state index in [-0.39, 0.29) is 16.6 Å². The van der Waals surface area contributed by atoms with E-state index in [1.54, 1.807) is 0 Å². The van der Waals surface area contributed by atoms with Crippen LogP contribution in [0.4, 0.5) is 13.2 Å². The maximum atomic E-state index is 13.1. The molecule has 0 aromatic heterocycles. The maximum absolute atomic E-state index is 13.1. The summed E-state index contributed by atoms with van der Waals surface area (Å²) < 4.78 is 39.2. The van der Waals surface area contributed by atoms with Gasteiger partial charge in [-0.3, -0.25) is 14.7 Å². The maximum Gasteiger partial charge on any atom is 0.416 e. The third-order valence-electron chi connectivity index (χ3n) is 7.78. The van der Waals surface area contributed by atoms with Crippen molar-refractivity contribution in [2.75, 3.05) is 26.2 Å². The zero-order valence-electron chi connectivity index (χ0n) is 21.2. The molecule has 0 bridgehead atoms. The van der Waals surface area contributed by atoms with Crippen molar-refractivity contribution in [3.63, 3.8) is 0 Å². The zero-order valence-corrected chi connectivity index (χ0v) is 21.9. The van der Waals surface area contributed by atoms with Gasteiger partial charge in [0.2, 0.25) is 0 Å². The first-order valence-corrected chi connectivity index (χ1v) is 13.6. The van der Waals surface area contributed by atoms with E-state index < -0.39 is 17.6 Å². The molecule has 5 rings (SSSR count). The van der Waals surface area contributed by atoms with Gasteiger partial charge in [-0.25, -0.2) is 0 Å². The van der Waals surface area contributed by atoms with Crippen LogP contribution in [0.2, 0.25) is 5.02 Å². The van der Waals surface area contributed by atoms with Gasteiger partial charge in [-0.15, -0.1) is 0 Å². The van der Waals surface area contributed by atoms with Gasteiger partial charge < -0.3 is 10.6 Å². The number of amidine groups is 1. The van der Waals surface area contributed by atoms with Crippen molar-refractivity contribution in [1.29, 1.82) is 0 Å². The number of halogens is 4. The Balaban J connectivity index is 1.08. The van der Waals surface area contributed by atoms with Gasteiger partial charge in [0.1, 0.15) is 5.84 Å². The fourth-order valence-corrected chi connectivity index (χ4v) is 5.78.